The number of hydrogen-bond donors (Lipinski definition) is 0. The van der Waals surface area contributed by atoms with Crippen LogP contribution in [0.5, 0.6) is 0 Å². The molecule has 4 nitrogen and oxygen atoms in total. The lowest BCUT2D eigenvalue weighted by atomic mass is 9.91. The third-order valence-electron chi connectivity index (χ3n) is 3.00. The molecule has 0 aliphatic heterocycles. The molecule has 100 valence electrons. The molecule has 0 N–H and O–H groups in total. The molecule has 0 saturated heterocycles. The van der Waals surface area contributed by atoms with Crippen LogP contribution in [-0.4, -0.2) is 18.4 Å². The third-order valence-corrected chi connectivity index (χ3v) is 3.00. The van der Waals surface area contributed by atoms with Crippen LogP contribution in [0.3, 0.4) is 0 Å². The number of fused-ring (bicyclic) bond motifs is 1. The number of nitriles is 1. The highest BCUT2D eigenvalue weighted by molar-refractivity contribution is 6.36. The zero-order valence-corrected chi connectivity index (χ0v) is 11.0. The van der Waals surface area contributed by atoms with Gasteiger partial charge in [0, 0.05) is 0 Å². The van der Waals surface area contributed by atoms with Crippen LogP contribution >= 0.6 is 0 Å². The van der Waals surface area contributed by atoms with Gasteiger partial charge in [0.15, 0.2) is 0 Å². The zero-order chi connectivity index (χ0) is 14.5. The van der Waals surface area contributed by atoms with E-state index in [2.05, 4.69) is 4.74 Å². The van der Waals surface area contributed by atoms with Gasteiger partial charge in [0.2, 0.25) is 0 Å². The molecule has 4 heteroatoms. The molecule has 0 aliphatic rings. The number of hydrogen-bond acceptors (Lipinski definition) is 4. The van der Waals surface area contributed by atoms with E-state index in [4.69, 9.17) is 0 Å². The van der Waals surface area contributed by atoms with E-state index in [-0.39, 0.29) is 6.61 Å². The third kappa shape index (κ3) is 2.52. The van der Waals surface area contributed by atoms with Crippen molar-refractivity contribution in [3.05, 3.63) is 48.0 Å². The molecule has 0 heterocycles. The second-order valence-electron chi connectivity index (χ2n) is 4.22. The molecule has 0 bridgehead atoms. The predicted molar refractivity (Wildman–Crippen MR) is 73.9 cm³/mol. The fourth-order valence-electron chi connectivity index (χ4n) is 2.09. The van der Waals surface area contributed by atoms with Crippen molar-refractivity contribution in [2.75, 3.05) is 6.61 Å². The Kier molecular flexibility index (Phi) is 4.11. The summed E-state index contributed by atoms with van der Waals surface area (Å²) in [5.41, 5.74) is 0.531. The highest BCUT2D eigenvalue weighted by atomic mass is 16.5. The number of nitrogens with zero attached hydrogens (tertiary/aromatic N) is 1. The normalized spacial score (nSPS) is 11.6. The van der Waals surface area contributed by atoms with E-state index in [0.717, 1.165) is 10.8 Å². The maximum atomic E-state index is 12.0. The number of esters is 1. The van der Waals surface area contributed by atoms with Crippen LogP contribution in [0.4, 0.5) is 0 Å². The van der Waals surface area contributed by atoms with E-state index < -0.39 is 17.7 Å². The molecular formula is C16H13NO3. The second-order valence-corrected chi connectivity index (χ2v) is 4.22. The molecule has 1 atom stereocenters. The van der Waals surface area contributed by atoms with Gasteiger partial charge in [-0.1, -0.05) is 42.5 Å². The first kappa shape index (κ1) is 13.8. The molecule has 2 aromatic carbocycles. The van der Waals surface area contributed by atoms with Crippen molar-refractivity contribution >= 4 is 22.5 Å². The largest absolute Gasteiger partial charge is 0.460 e. The average molecular weight is 267 g/mol. The van der Waals surface area contributed by atoms with Crippen molar-refractivity contribution < 1.29 is 14.3 Å². The molecule has 0 saturated carbocycles. The Morgan fingerprint density at radius 3 is 2.60 bits per heavy atom. The number of benzene rings is 2. The molecule has 20 heavy (non-hydrogen) atoms. The van der Waals surface area contributed by atoms with Gasteiger partial charge in [-0.15, -0.1) is 0 Å². The second kappa shape index (κ2) is 5.98. The Bertz CT molecular complexity index is 695. The fourth-order valence-corrected chi connectivity index (χ4v) is 2.09. The van der Waals surface area contributed by atoms with Gasteiger partial charge in [0.1, 0.15) is 5.92 Å². The van der Waals surface area contributed by atoms with Crippen molar-refractivity contribution in [1.82, 2.24) is 0 Å². The Morgan fingerprint density at radius 1 is 1.20 bits per heavy atom. The minimum Gasteiger partial charge on any atom is -0.460 e. The Hall–Kier alpha value is -2.67. The maximum absolute atomic E-state index is 12.0. The topological polar surface area (TPSA) is 67.2 Å². The fraction of sp³-hybridized carbons (Fsp3) is 0.188. The van der Waals surface area contributed by atoms with Crippen LogP contribution in [0.15, 0.2) is 42.5 Å². The van der Waals surface area contributed by atoms with E-state index in [1.807, 2.05) is 36.4 Å². The molecule has 0 unspecified atom stereocenters. The Balaban J connectivity index is 2.48. The van der Waals surface area contributed by atoms with Gasteiger partial charge in [0.25, 0.3) is 5.78 Å². The average Bonchev–Trinajstić information content (AvgIpc) is 2.48. The smallest absolute Gasteiger partial charge is 0.376 e. The van der Waals surface area contributed by atoms with Crippen LogP contribution < -0.4 is 0 Å². The van der Waals surface area contributed by atoms with Gasteiger partial charge in [-0.3, -0.25) is 4.79 Å². The molecule has 0 spiro atoms. The van der Waals surface area contributed by atoms with Crippen molar-refractivity contribution in [3.63, 3.8) is 0 Å². The van der Waals surface area contributed by atoms with Gasteiger partial charge < -0.3 is 4.74 Å². The van der Waals surface area contributed by atoms with E-state index in [9.17, 15) is 14.9 Å². The first-order valence-corrected chi connectivity index (χ1v) is 6.27. The zero-order valence-electron chi connectivity index (χ0n) is 11.0. The Labute approximate surface area is 116 Å². The number of Topliss-reactive ketones (excluding diaryl/α,β-unsaturated/α-hetero) is 1. The summed E-state index contributed by atoms with van der Waals surface area (Å²) >= 11 is 0. The van der Waals surface area contributed by atoms with E-state index >= 15 is 0 Å². The number of ketones is 1. The van der Waals surface area contributed by atoms with E-state index in [1.165, 1.54) is 0 Å². The summed E-state index contributed by atoms with van der Waals surface area (Å²) in [6.07, 6.45) is 0. The van der Waals surface area contributed by atoms with E-state index in [0.29, 0.717) is 5.56 Å². The molecule has 2 rings (SSSR count). The molecular weight excluding hydrogens is 254 g/mol. The summed E-state index contributed by atoms with van der Waals surface area (Å²) in [5, 5.41) is 11.0. The number of ether oxygens (including phenoxy) is 1. The number of carbonyl (C=O) groups is 2. The molecule has 2 aromatic rings. The van der Waals surface area contributed by atoms with Crippen LogP contribution in [0.1, 0.15) is 18.4 Å². The van der Waals surface area contributed by atoms with Crippen LogP contribution in [-0.2, 0) is 14.3 Å². The lowest BCUT2D eigenvalue weighted by molar-refractivity contribution is -0.153. The van der Waals surface area contributed by atoms with Gasteiger partial charge in [-0.25, -0.2) is 4.79 Å². The summed E-state index contributed by atoms with van der Waals surface area (Å²) < 4.78 is 4.68. The number of carbonyl (C=O) groups excluding carboxylic acids is 2. The highest BCUT2D eigenvalue weighted by Crippen LogP contribution is 2.26. The lowest BCUT2D eigenvalue weighted by Gasteiger charge is -2.10. The van der Waals surface area contributed by atoms with Crippen LogP contribution in [0.25, 0.3) is 10.8 Å². The lowest BCUT2D eigenvalue weighted by Crippen LogP contribution is -2.23. The summed E-state index contributed by atoms with van der Waals surface area (Å²) in [4.78, 5) is 23.5. The minimum absolute atomic E-state index is 0.109. The van der Waals surface area contributed by atoms with Gasteiger partial charge in [-0.05, 0) is 23.3 Å². The van der Waals surface area contributed by atoms with Crippen LogP contribution in [0.2, 0.25) is 0 Å². The van der Waals surface area contributed by atoms with Crippen molar-refractivity contribution in [2.45, 2.75) is 12.8 Å². The minimum atomic E-state index is -1.14. The van der Waals surface area contributed by atoms with Crippen molar-refractivity contribution in [2.24, 2.45) is 0 Å². The standard InChI is InChI=1S/C16H13NO3/c1-2-20-16(19)15(18)14(10-17)13-9-5-7-11-6-3-4-8-12(11)13/h3-9,14H,2H2,1H3/t14-/m0/s1. The summed E-state index contributed by atoms with van der Waals surface area (Å²) in [6.45, 7) is 1.72. The quantitative estimate of drug-likeness (QED) is 0.630. The van der Waals surface area contributed by atoms with Crippen molar-refractivity contribution in [3.8, 4) is 6.07 Å². The Morgan fingerprint density at radius 2 is 1.90 bits per heavy atom. The monoisotopic (exact) mass is 267 g/mol. The highest BCUT2D eigenvalue weighted by Gasteiger charge is 2.29. The van der Waals surface area contributed by atoms with Gasteiger partial charge >= 0.3 is 5.97 Å². The summed E-state index contributed by atoms with van der Waals surface area (Å²) in [7, 11) is 0. The molecule has 0 radical (unpaired) electrons. The molecule has 0 fully saturated rings. The predicted octanol–water partition coefficient (Wildman–Crippen LogP) is 2.58. The van der Waals surface area contributed by atoms with E-state index in [1.54, 1.807) is 19.1 Å². The van der Waals surface area contributed by atoms with Gasteiger partial charge in [0.05, 0.1) is 12.7 Å². The SMILES string of the molecule is CCOC(=O)C(=O)[C@@H](C#N)c1cccc2ccccc12. The van der Waals surface area contributed by atoms with Crippen molar-refractivity contribution in [1.29, 1.82) is 5.26 Å². The molecule has 0 aromatic heterocycles. The first-order valence-electron chi connectivity index (χ1n) is 6.27. The summed E-state index contributed by atoms with van der Waals surface area (Å²) in [5.74, 6) is -2.93. The maximum Gasteiger partial charge on any atom is 0.376 e. The molecule has 0 aliphatic carbocycles. The van der Waals surface area contributed by atoms with Gasteiger partial charge in [-0.2, -0.15) is 5.26 Å². The molecule has 0 amide bonds. The first-order chi connectivity index (χ1) is 9.69. The summed E-state index contributed by atoms with van der Waals surface area (Å²) in [6, 6.07) is 14.7. The van der Waals surface area contributed by atoms with Crippen LogP contribution in [0, 0.1) is 11.3 Å². The number of rotatable bonds is 4.